The number of nitrogens with zero attached hydrogens (tertiary/aromatic N) is 1. The summed E-state index contributed by atoms with van der Waals surface area (Å²) in [7, 11) is 0. The highest BCUT2D eigenvalue weighted by molar-refractivity contribution is 5.16. The van der Waals surface area contributed by atoms with Crippen LogP contribution < -0.4 is 5.32 Å². The lowest BCUT2D eigenvalue weighted by atomic mass is 10.1. The van der Waals surface area contributed by atoms with Gasteiger partial charge in [0, 0.05) is 26.2 Å². The van der Waals surface area contributed by atoms with Gasteiger partial charge in [0.1, 0.15) is 6.23 Å². The number of rotatable bonds is 2. The number of nitrogens with one attached hydrogen (secondary N) is 1. The normalized spacial score (nSPS) is 20.6. The van der Waals surface area contributed by atoms with Gasteiger partial charge in [-0.1, -0.05) is 30.3 Å². The molecule has 1 atom stereocenters. The smallest absolute Gasteiger partial charge is 0.133 e. The van der Waals surface area contributed by atoms with Crippen LogP contribution in [0.25, 0.3) is 0 Å². The highest BCUT2D eigenvalue weighted by atomic mass is 16.3. The van der Waals surface area contributed by atoms with Crippen LogP contribution in [-0.4, -0.2) is 36.2 Å². The highest BCUT2D eigenvalue weighted by Gasteiger charge is 2.18. The first-order valence-electron chi connectivity index (χ1n) is 5.06. The van der Waals surface area contributed by atoms with E-state index in [1.807, 2.05) is 30.3 Å². The van der Waals surface area contributed by atoms with E-state index in [0.29, 0.717) is 0 Å². The molecule has 0 aliphatic carbocycles. The summed E-state index contributed by atoms with van der Waals surface area (Å²) in [5.41, 5.74) is 0.981. The van der Waals surface area contributed by atoms with Gasteiger partial charge in [0.2, 0.25) is 0 Å². The van der Waals surface area contributed by atoms with Crippen LogP contribution >= 0.6 is 0 Å². The van der Waals surface area contributed by atoms with E-state index < -0.39 is 6.23 Å². The van der Waals surface area contributed by atoms with Gasteiger partial charge in [0.15, 0.2) is 0 Å². The third-order valence-electron chi connectivity index (χ3n) is 2.60. The van der Waals surface area contributed by atoms with Crippen LogP contribution in [-0.2, 0) is 0 Å². The maximum Gasteiger partial charge on any atom is 0.133 e. The second-order valence-corrected chi connectivity index (χ2v) is 3.57. The van der Waals surface area contributed by atoms with Crippen molar-refractivity contribution in [3.63, 3.8) is 0 Å². The standard InChI is InChI=1S/C11H16N2O/c14-11(10-4-2-1-3-5-10)13-8-6-12-7-9-13/h1-5,11-12,14H,6-9H2/t11-/m0/s1. The van der Waals surface area contributed by atoms with Crippen molar-refractivity contribution in [3.8, 4) is 0 Å². The zero-order valence-electron chi connectivity index (χ0n) is 8.19. The Hall–Kier alpha value is -0.900. The van der Waals surface area contributed by atoms with Gasteiger partial charge in [0.25, 0.3) is 0 Å². The number of piperazine rings is 1. The Kier molecular flexibility index (Phi) is 3.14. The Morgan fingerprint density at radius 3 is 2.43 bits per heavy atom. The number of aliphatic hydroxyl groups is 1. The summed E-state index contributed by atoms with van der Waals surface area (Å²) in [6, 6.07) is 9.81. The number of hydrogen-bond acceptors (Lipinski definition) is 3. The predicted molar refractivity (Wildman–Crippen MR) is 55.8 cm³/mol. The number of aliphatic hydroxyl groups excluding tert-OH is 1. The first kappa shape index (κ1) is 9.65. The molecule has 0 saturated carbocycles. The summed E-state index contributed by atoms with van der Waals surface area (Å²) < 4.78 is 0. The molecule has 1 aliphatic heterocycles. The predicted octanol–water partition coefficient (Wildman–Crippen LogP) is 0.583. The molecular formula is C11H16N2O. The van der Waals surface area contributed by atoms with Crippen LogP contribution in [0.4, 0.5) is 0 Å². The molecule has 0 radical (unpaired) electrons. The molecule has 14 heavy (non-hydrogen) atoms. The maximum absolute atomic E-state index is 10.0. The molecule has 1 fully saturated rings. The van der Waals surface area contributed by atoms with E-state index in [2.05, 4.69) is 10.2 Å². The van der Waals surface area contributed by atoms with Gasteiger partial charge >= 0.3 is 0 Å². The minimum absolute atomic E-state index is 0.446. The third-order valence-corrected chi connectivity index (χ3v) is 2.60. The van der Waals surface area contributed by atoms with Crippen LogP contribution in [0.5, 0.6) is 0 Å². The van der Waals surface area contributed by atoms with E-state index in [-0.39, 0.29) is 0 Å². The van der Waals surface area contributed by atoms with Crippen molar-refractivity contribution in [1.82, 2.24) is 10.2 Å². The molecule has 0 unspecified atom stereocenters. The molecule has 1 aromatic carbocycles. The highest BCUT2D eigenvalue weighted by Crippen LogP contribution is 2.17. The van der Waals surface area contributed by atoms with E-state index in [1.54, 1.807) is 0 Å². The van der Waals surface area contributed by atoms with Crippen molar-refractivity contribution in [2.45, 2.75) is 6.23 Å². The fourth-order valence-electron chi connectivity index (χ4n) is 1.76. The minimum atomic E-state index is -0.446. The SMILES string of the molecule is O[C@@H](c1ccccc1)N1CCNCC1. The number of hydrogen-bond donors (Lipinski definition) is 2. The van der Waals surface area contributed by atoms with E-state index >= 15 is 0 Å². The zero-order valence-corrected chi connectivity index (χ0v) is 8.19. The molecule has 0 aromatic heterocycles. The topological polar surface area (TPSA) is 35.5 Å². The Labute approximate surface area is 84.4 Å². The van der Waals surface area contributed by atoms with E-state index in [1.165, 1.54) is 0 Å². The minimum Gasteiger partial charge on any atom is -0.374 e. The summed E-state index contributed by atoms with van der Waals surface area (Å²) >= 11 is 0. The van der Waals surface area contributed by atoms with E-state index in [0.717, 1.165) is 31.7 Å². The quantitative estimate of drug-likeness (QED) is 0.719. The average molecular weight is 192 g/mol. The maximum atomic E-state index is 10.0. The van der Waals surface area contributed by atoms with Gasteiger partial charge in [-0.05, 0) is 5.56 Å². The van der Waals surface area contributed by atoms with Crippen LogP contribution in [0.15, 0.2) is 30.3 Å². The molecule has 1 aliphatic rings. The third kappa shape index (κ3) is 2.12. The molecule has 0 bridgehead atoms. The summed E-state index contributed by atoms with van der Waals surface area (Å²) in [5.74, 6) is 0. The molecule has 2 rings (SSSR count). The van der Waals surface area contributed by atoms with E-state index in [4.69, 9.17) is 0 Å². The van der Waals surface area contributed by atoms with Crippen LogP contribution in [0.1, 0.15) is 11.8 Å². The first-order valence-corrected chi connectivity index (χ1v) is 5.06. The van der Waals surface area contributed by atoms with Crippen molar-refractivity contribution >= 4 is 0 Å². The lowest BCUT2D eigenvalue weighted by Crippen LogP contribution is -2.45. The summed E-state index contributed by atoms with van der Waals surface area (Å²) in [6.45, 7) is 3.75. The number of benzene rings is 1. The fraction of sp³-hybridized carbons (Fsp3) is 0.455. The molecule has 76 valence electrons. The summed E-state index contributed by atoms with van der Waals surface area (Å²) in [5, 5.41) is 13.3. The Bertz CT molecular complexity index is 270. The molecule has 0 spiro atoms. The van der Waals surface area contributed by atoms with Gasteiger partial charge in [-0.15, -0.1) is 0 Å². The van der Waals surface area contributed by atoms with Crippen molar-refractivity contribution in [2.24, 2.45) is 0 Å². The molecule has 2 N–H and O–H groups in total. The van der Waals surface area contributed by atoms with E-state index in [9.17, 15) is 5.11 Å². The molecule has 1 aromatic rings. The second-order valence-electron chi connectivity index (χ2n) is 3.57. The Balaban J connectivity index is 2.03. The summed E-state index contributed by atoms with van der Waals surface area (Å²) in [4.78, 5) is 2.09. The monoisotopic (exact) mass is 192 g/mol. The van der Waals surface area contributed by atoms with Crippen molar-refractivity contribution in [3.05, 3.63) is 35.9 Å². The average Bonchev–Trinajstić information content (AvgIpc) is 2.30. The molecule has 3 nitrogen and oxygen atoms in total. The van der Waals surface area contributed by atoms with Gasteiger partial charge < -0.3 is 10.4 Å². The molecule has 1 saturated heterocycles. The molecule has 3 heteroatoms. The van der Waals surface area contributed by atoms with Crippen molar-refractivity contribution in [2.75, 3.05) is 26.2 Å². The largest absolute Gasteiger partial charge is 0.374 e. The fourth-order valence-corrected chi connectivity index (χ4v) is 1.76. The first-order chi connectivity index (χ1) is 6.88. The lowest BCUT2D eigenvalue weighted by molar-refractivity contribution is -0.00545. The van der Waals surface area contributed by atoms with Gasteiger partial charge in [-0.3, -0.25) is 4.90 Å². The van der Waals surface area contributed by atoms with Crippen LogP contribution in [0.2, 0.25) is 0 Å². The van der Waals surface area contributed by atoms with Crippen LogP contribution in [0.3, 0.4) is 0 Å². The lowest BCUT2D eigenvalue weighted by Gasteiger charge is -2.31. The molecular weight excluding hydrogens is 176 g/mol. The molecule has 0 amide bonds. The Morgan fingerprint density at radius 2 is 1.79 bits per heavy atom. The van der Waals surface area contributed by atoms with Gasteiger partial charge in [-0.2, -0.15) is 0 Å². The second kappa shape index (κ2) is 4.55. The molecule has 1 heterocycles. The van der Waals surface area contributed by atoms with Crippen LogP contribution in [0, 0.1) is 0 Å². The van der Waals surface area contributed by atoms with Crippen molar-refractivity contribution < 1.29 is 5.11 Å². The zero-order chi connectivity index (χ0) is 9.80. The Morgan fingerprint density at radius 1 is 1.14 bits per heavy atom. The summed E-state index contributed by atoms with van der Waals surface area (Å²) in [6.07, 6.45) is -0.446. The van der Waals surface area contributed by atoms with Gasteiger partial charge in [-0.25, -0.2) is 0 Å². The van der Waals surface area contributed by atoms with Crippen molar-refractivity contribution in [1.29, 1.82) is 0 Å². The van der Waals surface area contributed by atoms with Gasteiger partial charge in [0.05, 0.1) is 0 Å².